The average molecular weight is 430 g/mol. The SMILES string of the molecule is COc1cc(/C=N\NC(=O)c2cccnc2)ccc1OCc1ccc(Cl)c(Cl)c1. The zero-order valence-electron chi connectivity index (χ0n) is 15.4. The van der Waals surface area contributed by atoms with Crippen LogP contribution in [0.25, 0.3) is 0 Å². The first kappa shape index (κ1) is 20.6. The number of hydrogen-bond acceptors (Lipinski definition) is 5. The van der Waals surface area contributed by atoms with Crippen LogP contribution in [-0.4, -0.2) is 24.2 Å². The normalized spacial score (nSPS) is 10.7. The highest BCUT2D eigenvalue weighted by Crippen LogP contribution is 2.29. The Balaban J connectivity index is 1.63. The number of aromatic nitrogens is 1. The van der Waals surface area contributed by atoms with Crippen molar-refractivity contribution >= 4 is 35.3 Å². The third-order valence-corrected chi connectivity index (χ3v) is 4.61. The summed E-state index contributed by atoms with van der Waals surface area (Å²) in [4.78, 5) is 15.8. The van der Waals surface area contributed by atoms with Crippen molar-refractivity contribution in [3.8, 4) is 11.5 Å². The minimum absolute atomic E-state index is 0.307. The van der Waals surface area contributed by atoms with Crippen molar-refractivity contribution in [1.82, 2.24) is 10.4 Å². The van der Waals surface area contributed by atoms with Gasteiger partial charge in [-0.1, -0.05) is 29.3 Å². The van der Waals surface area contributed by atoms with Gasteiger partial charge in [-0.05, 0) is 53.6 Å². The van der Waals surface area contributed by atoms with Crippen molar-refractivity contribution in [3.63, 3.8) is 0 Å². The molecule has 0 aliphatic carbocycles. The number of benzene rings is 2. The number of amides is 1. The number of hydrogen-bond donors (Lipinski definition) is 1. The second-order valence-corrected chi connectivity index (χ2v) is 6.70. The molecule has 0 saturated heterocycles. The fraction of sp³-hybridized carbons (Fsp3) is 0.0952. The maximum Gasteiger partial charge on any atom is 0.272 e. The first-order valence-corrected chi connectivity index (χ1v) is 9.30. The zero-order chi connectivity index (χ0) is 20.6. The molecule has 3 aromatic rings. The van der Waals surface area contributed by atoms with Crippen molar-refractivity contribution in [2.75, 3.05) is 7.11 Å². The highest BCUT2D eigenvalue weighted by atomic mass is 35.5. The van der Waals surface area contributed by atoms with Crippen LogP contribution in [0.5, 0.6) is 11.5 Å². The van der Waals surface area contributed by atoms with E-state index in [0.717, 1.165) is 11.1 Å². The third kappa shape index (κ3) is 5.70. The molecule has 1 aromatic heterocycles. The number of hydrazone groups is 1. The van der Waals surface area contributed by atoms with E-state index in [1.807, 2.05) is 6.07 Å². The number of halogens is 2. The summed E-state index contributed by atoms with van der Waals surface area (Å²) < 4.78 is 11.2. The molecule has 0 radical (unpaired) electrons. The lowest BCUT2D eigenvalue weighted by Crippen LogP contribution is -2.17. The molecule has 148 valence electrons. The van der Waals surface area contributed by atoms with Gasteiger partial charge in [0.05, 0.1) is 28.9 Å². The molecule has 0 saturated carbocycles. The molecule has 3 rings (SSSR count). The van der Waals surface area contributed by atoms with Gasteiger partial charge in [-0.15, -0.1) is 0 Å². The fourth-order valence-electron chi connectivity index (χ4n) is 2.40. The number of rotatable bonds is 7. The van der Waals surface area contributed by atoms with E-state index in [0.29, 0.717) is 33.7 Å². The molecule has 0 bridgehead atoms. The summed E-state index contributed by atoms with van der Waals surface area (Å²) in [6, 6.07) is 14.0. The molecule has 8 heteroatoms. The number of nitrogens with zero attached hydrogens (tertiary/aromatic N) is 2. The second kappa shape index (κ2) is 9.91. The summed E-state index contributed by atoms with van der Waals surface area (Å²) in [5.74, 6) is 0.755. The van der Waals surface area contributed by atoms with Crippen LogP contribution in [0.1, 0.15) is 21.5 Å². The topological polar surface area (TPSA) is 72.8 Å². The van der Waals surface area contributed by atoms with Crippen molar-refractivity contribution in [2.24, 2.45) is 5.10 Å². The third-order valence-electron chi connectivity index (χ3n) is 3.87. The molecule has 6 nitrogen and oxygen atoms in total. The minimum Gasteiger partial charge on any atom is -0.493 e. The predicted molar refractivity (Wildman–Crippen MR) is 113 cm³/mol. The molecule has 0 fully saturated rings. The van der Waals surface area contributed by atoms with E-state index in [9.17, 15) is 4.79 Å². The van der Waals surface area contributed by atoms with E-state index in [-0.39, 0.29) is 5.91 Å². The van der Waals surface area contributed by atoms with Crippen molar-refractivity contribution < 1.29 is 14.3 Å². The lowest BCUT2D eigenvalue weighted by atomic mass is 10.2. The van der Waals surface area contributed by atoms with E-state index in [2.05, 4.69) is 15.5 Å². The number of carbonyl (C=O) groups excluding carboxylic acids is 1. The molecule has 0 aliphatic heterocycles. The summed E-state index contributed by atoms with van der Waals surface area (Å²) in [6.45, 7) is 0.307. The number of pyridine rings is 1. The largest absolute Gasteiger partial charge is 0.493 e. The molecular formula is C21H17Cl2N3O3. The van der Waals surface area contributed by atoms with E-state index < -0.39 is 0 Å². The van der Waals surface area contributed by atoms with Gasteiger partial charge in [0.15, 0.2) is 11.5 Å². The minimum atomic E-state index is -0.345. The maximum absolute atomic E-state index is 11.9. The molecule has 29 heavy (non-hydrogen) atoms. The number of ether oxygens (including phenoxy) is 2. The van der Waals surface area contributed by atoms with Gasteiger partial charge in [0.25, 0.3) is 5.91 Å². The molecule has 1 heterocycles. The Bertz CT molecular complexity index is 1030. The summed E-state index contributed by atoms with van der Waals surface area (Å²) >= 11 is 11.9. The fourth-order valence-corrected chi connectivity index (χ4v) is 2.72. The zero-order valence-corrected chi connectivity index (χ0v) is 16.9. The van der Waals surface area contributed by atoms with Gasteiger partial charge in [-0.2, -0.15) is 5.10 Å². The lowest BCUT2D eigenvalue weighted by Gasteiger charge is -2.11. The van der Waals surface area contributed by atoms with Gasteiger partial charge in [0.1, 0.15) is 6.61 Å². The highest BCUT2D eigenvalue weighted by Gasteiger charge is 2.07. The van der Waals surface area contributed by atoms with Crippen LogP contribution < -0.4 is 14.9 Å². The summed E-state index contributed by atoms with van der Waals surface area (Å²) in [5, 5.41) is 4.92. The summed E-state index contributed by atoms with van der Waals surface area (Å²) in [5.41, 5.74) is 4.49. The predicted octanol–water partition coefficient (Wildman–Crippen LogP) is 4.74. The Kier molecular flexibility index (Phi) is 7.05. The molecule has 0 spiro atoms. The van der Waals surface area contributed by atoms with Gasteiger partial charge < -0.3 is 9.47 Å². The molecule has 0 aliphatic rings. The summed E-state index contributed by atoms with van der Waals surface area (Å²) in [7, 11) is 1.55. The van der Waals surface area contributed by atoms with Crippen LogP contribution in [0, 0.1) is 0 Å². The van der Waals surface area contributed by atoms with Crippen LogP contribution in [0.15, 0.2) is 66.0 Å². The molecular weight excluding hydrogens is 413 g/mol. The van der Waals surface area contributed by atoms with Crippen molar-refractivity contribution in [2.45, 2.75) is 6.61 Å². The average Bonchev–Trinajstić information content (AvgIpc) is 2.75. The highest BCUT2D eigenvalue weighted by molar-refractivity contribution is 6.42. The number of carbonyl (C=O) groups is 1. The van der Waals surface area contributed by atoms with E-state index in [1.165, 1.54) is 12.4 Å². The smallest absolute Gasteiger partial charge is 0.272 e. The maximum atomic E-state index is 11.9. The van der Waals surface area contributed by atoms with Gasteiger partial charge in [-0.3, -0.25) is 9.78 Å². The quantitative estimate of drug-likeness (QED) is 0.434. The Labute approximate surface area is 178 Å². The van der Waals surface area contributed by atoms with E-state index in [4.69, 9.17) is 32.7 Å². The van der Waals surface area contributed by atoms with Crippen LogP contribution in [0.3, 0.4) is 0 Å². The second-order valence-electron chi connectivity index (χ2n) is 5.89. The van der Waals surface area contributed by atoms with Gasteiger partial charge >= 0.3 is 0 Å². The van der Waals surface area contributed by atoms with Crippen LogP contribution in [0.2, 0.25) is 10.0 Å². The van der Waals surface area contributed by atoms with Crippen molar-refractivity contribution in [3.05, 3.63) is 87.7 Å². The molecule has 0 atom stereocenters. The van der Waals surface area contributed by atoms with Crippen LogP contribution in [-0.2, 0) is 6.61 Å². The van der Waals surface area contributed by atoms with Gasteiger partial charge in [-0.25, -0.2) is 5.43 Å². The number of nitrogens with one attached hydrogen (secondary N) is 1. The Morgan fingerprint density at radius 3 is 2.72 bits per heavy atom. The first-order valence-electron chi connectivity index (χ1n) is 8.55. The Morgan fingerprint density at radius 1 is 1.14 bits per heavy atom. The standard InChI is InChI=1S/C21H17Cl2N3O3/c1-28-20-10-14(11-25-26-21(27)16-3-2-8-24-12-16)5-7-19(20)29-13-15-4-6-17(22)18(23)9-15/h2-12H,13H2,1H3,(H,26,27)/b25-11-. The number of methoxy groups -OCH3 is 1. The Hall–Kier alpha value is -3.09. The first-order chi connectivity index (χ1) is 14.1. The lowest BCUT2D eigenvalue weighted by molar-refractivity contribution is 0.0955. The summed E-state index contributed by atoms with van der Waals surface area (Å²) in [6.07, 6.45) is 4.57. The van der Waals surface area contributed by atoms with Crippen LogP contribution >= 0.6 is 23.2 Å². The molecule has 1 amide bonds. The van der Waals surface area contributed by atoms with Gasteiger partial charge in [0, 0.05) is 12.4 Å². The Morgan fingerprint density at radius 2 is 2.00 bits per heavy atom. The monoisotopic (exact) mass is 429 g/mol. The van der Waals surface area contributed by atoms with E-state index in [1.54, 1.807) is 55.8 Å². The molecule has 0 unspecified atom stereocenters. The molecule has 1 N–H and O–H groups in total. The molecule has 2 aromatic carbocycles. The van der Waals surface area contributed by atoms with Crippen molar-refractivity contribution in [1.29, 1.82) is 0 Å². The van der Waals surface area contributed by atoms with Gasteiger partial charge in [0.2, 0.25) is 0 Å². The van der Waals surface area contributed by atoms with E-state index >= 15 is 0 Å². The van der Waals surface area contributed by atoms with Crippen LogP contribution in [0.4, 0.5) is 0 Å².